The average Bonchev–Trinajstić information content (AvgIpc) is 2.51. The van der Waals surface area contributed by atoms with Crippen LogP contribution in [0.5, 0.6) is 0 Å². The fourth-order valence-electron chi connectivity index (χ4n) is 1.63. The molecule has 0 unspecified atom stereocenters. The van der Waals surface area contributed by atoms with E-state index in [1.165, 1.54) is 31.8 Å². The Hall–Kier alpha value is -1.58. The third-order valence-corrected chi connectivity index (χ3v) is 3.04. The minimum absolute atomic E-state index is 0.318. The molecule has 0 heterocycles. The Labute approximate surface area is 135 Å². The molecule has 0 aromatic heterocycles. The summed E-state index contributed by atoms with van der Waals surface area (Å²) in [6.45, 7) is 11.6. The molecule has 0 bridgehead atoms. The van der Waals surface area contributed by atoms with Gasteiger partial charge in [0.1, 0.15) is 0 Å². The van der Waals surface area contributed by atoms with E-state index >= 15 is 0 Å². The average molecular weight is 312 g/mol. The van der Waals surface area contributed by atoms with Gasteiger partial charge in [-0.3, -0.25) is 0 Å². The Balaban J connectivity index is 0. The van der Waals surface area contributed by atoms with Crippen LogP contribution >= 0.6 is 0 Å². The lowest BCUT2D eigenvalue weighted by Gasteiger charge is -1.99. The van der Waals surface area contributed by atoms with Crippen molar-refractivity contribution in [3.8, 4) is 0 Å². The van der Waals surface area contributed by atoms with Crippen LogP contribution in [0.25, 0.3) is 0 Å². The van der Waals surface area contributed by atoms with E-state index in [2.05, 4.69) is 27.0 Å². The number of carboxylic acid groups (broad SMARTS) is 1. The van der Waals surface area contributed by atoms with Crippen molar-refractivity contribution in [2.75, 3.05) is 6.61 Å². The van der Waals surface area contributed by atoms with Crippen LogP contribution in [0.2, 0.25) is 0 Å². The van der Waals surface area contributed by atoms with E-state index in [0.717, 1.165) is 25.7 Å². The van der Waals surface area contributed by atoms with Crippen LogP contribution < -0.4 is 0 Å². The van der Waals surface area contributed by atoms with Crippen LogP contribution in [-0.4, -0.2) is 23.7 Å². The van der Waals surface area contributed by atoms with E-state index in [9.17, 15) is 9.59 Å². The van der Waals surface area contributed by atoms with E-state index in [1.807, 2.05) is 0 Å². The van der Waals surface area contributed by atoms with Gasteiger partial charge in [-0.1, -0.05) is 65.5 Å². The first kappa shape index (κ1) is 22.7. The second kappa shape index (κ2) is 17.5. The molecule has 0 aliphatic carbocycles. The van der Waals surface area contributed by atoms with Gasteiger partial charge in [-0.15, -0.1) is 0 Å². The zero-order valence-corrected chi connectivity index (χ0v) is 14.2. The number of esters is 1. The molecule has 22 heavy (non-hydrogen) atoms. The summed E-state index contributed by atoms with van der Waals surface area (Å²) in [5.41, 5.74) is 0.334. The molecule has 4 heteroatoms. The van der Waals surface area contributed by atoms with Crippen LogP contribution in [0.3, 0.4) is 0 Å². The monoisotopic (exact) mass is 312 g/mol. The first-order chi connectivity index (χ1) is 10.5. The Morgan fingerprint density at radius 1 is 1.00 bits per heavy atom. The molecular formula is C18H32O4. The van der Waals surface area contributed by atoms with Gasteiger partial charge in [-0.05, 0) is 19.3 Å². The number of carboxylic acids is 1. The molecule has 0 saturated carbocycles. The molecule has 0 spiro atoms. The van der Waals surface area contributed by atoms with E-state index in [-0.39, 0.29) is 5.97 Å². The fourth-order valence-corrected chi connectivity index (χ4v) is 1.63. The minimum Gasteiger partial charge on any atom is -0.478 e. The van der Waals surface area contributed by atoms with Crippen molar-refractivity contribution in [3.05, 3.63) is 24.8 Å². The number of ether oxygens (including phenoxy) is 1. The van der Waals surface area contributed by atoms with Crippen molar-refractivity contribution in [1.82, 2.24) is 0 Å². The lowest BCUT2D eigenvalue weighted by molar-refractivity contribution is -0.138. The van der Waals surface area contributed by atoms with Crippen LogP contribution in [0.15, 0.2) is 24.8 Å². The van der Waals surface area contributed by atoms with Crippen LogP contribution in [0, 0.1) is 0 Å². The molecule has 0 fully saturated rings. The Morgan fingerprint density at radius 3 is 2.00 bits per heavy atom. The van der Waals surface area contributed by atoms with Crippen molar-refractivity contribution in [3.63, 3.8) is 0 Å². The minimum atomic E-state index is -0.860. The predicted octanol–water partition coefficient (Wildman–Crippen LogP) is 4.89. The number of unbranched alkanes of at least 4 members (excludes halogenated alkanes) is 6. The van der Waals surface area contributed by atoms with Gasteiger partial charge in [0.25, 0.3) is 0 Å². The molecule has 128 valence electrons. The summed E-state index contributed by atoms with van der Waals surface area (Å²) in [7, 11) is 0. The van der Waals surface area contributed by atoms with Crippen molar-refractivity contribution >= 4 is 11.9 Å². The zero-order chi connectivity index (χ0) is 17.2. The normalized spacial score (nSPS) is 9.36. The fraction of sp³-hybridized carbons (Fsp3) is 0.667. The van der Waals surface area contributed by atoms with Gasteiger partial charge in [-0.2, -0.15) is 0 Å². The van der Waals surface area contributed by atoms with Gasteiger partial charge in [-0.25, -0.2) is 9.59 Å². The smallest absolute Gasteiger partial charge is 0.330 e. The summed E-state index contributed by atoms with van der Waals surface area (Å²) in [6.07, 6.45) is 10.8. The molecule has 0 atom stereocenters. The molecule has 0 amide bonds. The van der Waals surface area contributed by atoms with E-state index < -0.39 is 5.97 Å². The molecule has 4 nitrogen and oxygen atoms in total. The highest BCUT2D eigenvalue weighted by atomic mass is 16.5. The highest BCUT2D eigenvalue weighted by Crippen LogP contribution is 2.08. The van der Waals surface area contributed by atoms with Gasteiger partial charge < -0.3 is 9.84 Å². The summed E-state index contributed by atoms with van der Waals surface area (Å²) in [5, 5.41) is 8.44. The lowest BCUT2D eigenvalue weighted by Crippen LogP contribution is -2.01. The van der Waals surface area contributed by atoms with Gasteiger partial charge in [0.15, 0.2) is 0 Å². The molecule has 0 rings (SSSR count). The maximum Gasteiger partial charge on any atom is 0.330 e. The quantitative estimate of drug-likeness (QED) is 0.316. The number of hydrogen-bond donors (Lipinski definition) is 1. The third-order valence-electron chi connectivity index (χ3n) is 3.04. The topological polar surface area (TPSA) is 63.6 Å². The summed E-state index contributed by atoms with van der Waals surface area (Å²) in [6, 6.07) is 0. The number of aliphatic carboxylic acids is 1. The molecule has 0 aliphatic rings. The molecule has 0 aliphatic heterocycles. The summed E-state index contributed by atoms with van der Waals surface area (Å²) in [4.78, 5) is 20.8. The van der Waals surface area contributed by atoms with Crippen LogP contribution in [-0.2, 0) is 14.3 Å². The van der Waals surface area contributed by atoms with Crippen molar-refractivity contribution in [2.24, 2.45) is 0 Å². The number of rotatable bonds is 12. The molecule has 1 N–H and O–H groups in total. The second-order valence-electron chi connectivity index (χ2n) is 5.15. The van der Waals surface area contributed by atoms with Gasteiger partial charge >= 0.3 is 11.9 Å². The number of carbonyl (C=O) groups excluding carboxylic acids is 1. The van der Waals surface area contributed by atoms with Crippen molar-refractivity contribution in [1.29, 1.82) is 0 Å². The SMILES string of the molecule is C=C(CCCCCC)C(=O)O.C=CC(=O)OCCCCCC. The van der Waals surface area contributed by atoms with Gasteiger partial charge in [0.05, 0.1) is 6.61 Å². The van der Waals surface area contributed by atoms with Crippen LogP contribution in [0.1, 0.15) is 71.6 Å². The van der Waals surface area contributed by atoms with Gasteiger partial charge in [0, 0.05) is 11.6 Å². The maximum absolute atomic E-state index is 10.5. The molecule has 0 saturated heterocycles. The summed E-state index contributed by atoms with van der Waals surface area (Å²) >= 11 is 0. The summed E-state index contributed by atoms with van der Waals surface area (Å²) < 4.78 is 4.78. The standard InChI is InChI=1S/2C9H16O2/c1-3-4-5-6-7-8(2)9(10)11;1-3-5-6-7-8-11-9(10)4-2/h2-7H2,1H3,(H,10,11);4H,2-3,5-8H2,1H3. The predicted molar refractivity (Wildman–Crippen MR) is 90.8 cm³/mol. The van der Waals surface area contributed by atoms with Crippen LogP contribution in [0.4, 0.5) is 0 Å². The Morgan fingerprint density at radius 2 is 1.55 bits per heavy atom. The van der Waals surface area contributed by atoms with Crippen molar-refractivity contribution in [2.45, 2.75) is 71.6 Å². The first-order valence-corrected chi connectivity index (χ1v) is 8.19. The molecule has 0 aromatic rings. The first-order valence-electron chi connectivity index (χ1n) is 8.19. The molecule has 0 aromatic carbocycles. The number of hydrogen-bond acceptors (Lipinski definition) is 3. The third kappa shape index (κ3) is 18.4. The van der Waals surface area contributed by atoms with Crippen molar-refractivity contribution < 1.29 is 19.4 Å². The molecular weight excluding hydrogens is 280 g/mol. The largest absolute Gasteiger partial charge is 0.478 e. The van der Waals surface area contributed by atoms with Gasteiger partial charge in [0.2, 0.25) is 0 Å². The highest BCUT2D eigenvalue weighted by molar-refractivity contribution is 5.85. The Kier molecular flexibility index (Phi) is 18.0. The van der Waals surface area contributed by atoms with E-state index in [1.54, 1.807) is 0 Å². The Bertz CT molecular complexity index is 319. The maximum atomic E-state index is 10.5. The lowest BCUT2D eigenvalue weighted by atomic mass is 10.1. The highest BCUT2D eigenvalue weighted by Gasteiger charge is 2.01. The molecule has 0 radical (unpaired) electrons. The van der Waals surface area contributed by atoms with E-state index in [4.69, 9.17) is 9.84 Å². The zero-order valence-electron chi connectivity index (χ0n) is 14.2. The summed E-state index contributed by atoms with van der Waals surface area (Å²) in [5.74, 6) is -1.18. The van der Waals surface area contributed by atoms with E-state index in [0.29, 0.717) is 18.6 Å². The number of carbonyl (C=O) groups is 2. The second-order valence-corrected chi connectivity index (χ2v) is 5.15.